The van der Waals surface area contributed by atoms with Gasteiger partial charge in [-0.25, -0.2) is 9.78 Å². The molecular weight excluding hydrogens is 382 g/mol. The summed E-state index contributed by atoms with van der Waals surface area (Å²) in [5.41, 5.74) is 3.39. The molecule has 0 aliphatic carbocycles. The number of hydrogen-bond donors (Lipinski definition) is 1. The summed E-state index contributed by atoms with van der Waals surface area (Å²) < 4.78 is 7.82. The molecule has 1 atom stereocenters. The van der Waals surface area contributed by atoms with Crippen LogP contribution in [0.4, 0.5) is 5.95 Å². The highest BCUT2D eigenvalue weighted by Gasteiger charge is 2.35. The molecule has 3 aromatic rings. The second-order valence-corrected chi connectivity index (χ2v) is 8.41. The van der Waals surface area contributed by atoms with Gasteiger partial charge in [0.2, 0.25) is 5.95 Å². The lowest BCUT2D eigenvalue weighted by molar-refractivity contribution is -0.139. The van der Waals surface area contributed by atoms with Crippen molar-refractivity contribution >= 4 is 34.3 Å². The van der Waals surface area contributed by atoms with Crippen molar-refractivity contribution in [2.45, 2.75) is 52.0 Å². The summed E-state index contributed by atoms with van der Waals surface area (Å²) in [6.07, 6.45) is 5.65. The largest absolute Gasteiger partial charge is 0.462 e. The van der Waals surface area contributed by atoms with Gasteiger partial charge in [0, 0.05) is 10.6 Å². The molecule has 0 saturated carbocycles. The highest BCUT2D eigenvalue weighted by Crippen LogP contribution is 2.40. The number of nitrogens with one attached hydrogen (secondary N) is 1. The Morgan fingerprint density at radius 1 is 1.17 bits per heavy atom. The number of allylic oxidation sites excluding steroid dienone is 1. The summed E-state index contributed by atoms with van der Waals surface area (Å²) in [6.45, 7) is 4.60. The van der Waals surface area contributed by atoms with E-state index in [-0.39, 0.29) is 12.0 Å². The first-order valence-corrected chi connectivity index (χ1v) is 11.2. The van der Waals surface area contributed by atoms with E-state index in [0.717, 1.165) is 40.4 Å². The predicted molar refractivity (Wildman–Crippen MR) is 118 cm³/mol. The normalized spacial score (nSPS) is 16.0. The molecule has 6 heteroatoms. The SMILES string of the molecule is CCCCCCCOC(=O)C1=C(C)Nc2nc3ccccc3n2C1c1cccs1. The van der Waals surface area contributed by atoms with Crippen molar-refractivity contribution in [2.24, 2.45) is 0 Å². The zero-order valence-electron chi connectivity index (χ0n) is 17.0. The number of thiophene rings is 1. The van der Waals surface area contributed by atoms with Crippen LogP contribution in [0.1, 0.15) is 56.9 Å². The Kier molecular flexibility index (Phi) is 6.00. The summed E-state index contributed by atoms with van der Waals surface area (Å²) in [5.74, 6) is 0.519. The number of imidazole rings is 1. The smallest absolute Gasteiger partial charge is 0.338 e. The molecule has 4 rings (SSSR count). The number of fused-ring (bicyclic) bond motifs is 3. The Morgan fingerprint density at radius 3 is 2.79 bits per heavy atom. The molecule has 29 heavy (non-hydrogen) atoms. The van der Waals surface area contributed by atoms with Crippen LogP contribution in [0.25, 0.3) is 11.0 Å². The Bertz CT molecular complexity index is 1020. The third-order valence-corrected chi connectivity index (χ3v) is 6.27. The zero-order valence-corrected chi connectivity index (χ0v) is 17.8. The quantitative estimate of drug-likeness (QED) is 0.372. The molecule has 1 aromatic carbocycles. The molecule has 3 heterocycles. The summed E-state index contributed by atoms with van der Waals surface area (Å²) in [6, 6.07) is 11.9. The number of carbonyl (C=O) groups excluding carboxylic acids is 1. The lowest BCUT2D eigenvalue weighted by atomic mass is 10.0. The molecule has 2 aromatic heterocycles. The minimum absolute atomic E-state index is 0.230. The molecule has 1 N–H and O–H groups in total. The van der Waals surface area contributed by atoms with E-state index in [1.165, 1.54) is 19.3 Å². The predicted octanol–water partition coefficient (Wildman–Crippen LogP) is 5.90. The van der Waals surface area contributed by atoms with Crippen molar-refractivity contribution in [1.82, 2.24) is 9.55 Å². The number of carbonyl (C=O) groups is 1. The Morgan fingerprint density at radius 2 is 2.00 bits per heavy atom. The maximum Gasteiger partial charge on any atom is 0.338 e. The van der Waals surface area contributed by atoms with Gasteiger partial charge in [-0.15, -0.1) is 11.3 Å². The molecular formula is C23H27N3O2S. The van der Waals surface area contributed by atoms with Gasteiger partial charge in [-0.3, -0.25) is 4.57 Å². The summed E-state index contributed by atoms with van der Waals surface area (Å²) in [5, 5.41) is 5.37. The van der Waals surface area contributed by atoms with E-state index in [9.17, 15) is 4.79 Å². The lowest BCUT2D eigenvalue weighted by Crippen LogP contribution is -2.28. The van der Waals surface area contributed by atoms with Crippen LogP contribution in [0, 0.1) is 0 Å². The molecule has 0 saturated heterocycles. The summed E-state index contributed by atoms with van der Waals surface area (Å²) in [4.78, 5) is 19.0. The Hall–Kier alpha value is -2.60. The van der Waals surface area contributed by atoms with Crippen molar-refractivity contribution in [1.29, 1.82) is 0 Å². The number of nitrogens with zero attached hydrogens (tertiary/aromatic N) is 2. The first-order valence-electron chi connectivity index (χ1n) is 10.4. The van der Waals surface area contributed by atoms with Crippen molar-refractivity contribution < 1.29 is 9.53 Å². The van der Waals surface area contributed by atoms with Gasteiger partial charge in [0.05, 0.1) is 23.2 Å². The van der Waals surface area contributed by atoms with Gasteiger partial charge in [-0.2, -0.15) is 0 Å². The van der Waals surface area contributed by atoms with Crippen molar-refractivity contribution in [2.75, 3.05) is 11.9 Å². The molecule has 1 aliphatic heterocycles. The van der Waals surface area contributed by atoms with E-state index in [1.807, 2.05) is 42.6 Å². The fourth-order valence-corrected chi connectivity index (χ4v) is 4.72. The average Bonchev–Trinajstić information content (AvgIpc) is 3.37. The molecule has 152 valence electrons. The van der Waals surface area contributed by atoms with Crippen LogP contribution in [0.5, 0.6) is 0 Å². The molecule has 0 bridgehead atoms. The van der Waals surface area contributed by atoms with E-state index >= 15 is 0 Å². The van der Waals surface area contributed by atoms with Gasteiger partial charge in [-0.1, -0.05) is 50.8 Å². The van der Waals surface area contributed by atoms with Gasteiger partial charge >= 0.3 is 5.97 Å². The molecule has 0 fully saturated rings. The maximum absolute atomic E-state index is 13.1. The third kappa shape index (κ3) is 3.94. The number of para-hydroxylation sites is 2. The number of benzene rings is 1. The van der Waals surface area contributed by atoms with Crippen LogP contribution in [-0.4, -0.2) is 22.1 Å². The second kappa shape index (κ2) is 8.82. The van der Waals surface area contributed by atoms with Gasteiger partial charge in [0.1, 0.15) is 6.04 Å². The van der Waals surface area contributed by atoms with Crippen molar-refractivity contribution in [3.63, 3.8) is 0 Å². The first-order chi connectivity index (χ1) is 14.2. The number of hydrogen-bond acceptors (Lipinski definition) is 5. The average molecular weight is 410 g/mol. The number of ether oxygens (including phenoxy) is 1. The van der Waals surface area contributed by atoms with Crippen molar-refractivity contribution in [3.8, 4) is 0 Å². The number of anilines is 1. The minimum atomic E-state index is -0.243. The summed E-state index contributed by atoms with van der Waals surface area (Å²) >= 11 is 1.65. The summed E-state index contributed by atoms with van der Waals surface area (Å²) in [7, 11) is 0. The van der Waals surface area contributed by atoms with Crippen LogP contribution in [-0.2, 0) is 9.53 Å². The van der Waals surface area contributed by atoms with E-state index in [1.54, 1.807) is 11.3 Å². The third-order valence-electron chi connectivity index (χ3n) is 5.34. The fourth-order valence-electron chi connectivity index (χ4n) is 3.89. The van der Waals surface area contributed by atoms with Gasteiger partial charge in [-0.05, 0) is 36.9 Å². The van der Waals surface area contributed by atoms with E-state index < -0.39 is 0 Å². The number of unbranched alkanes of at least 4 members (excludes halogenated alkanes) is 4. The molecule has 5 nitrogen and oxygen atoms in total. The van der Waals surface area contributed by atoms with Crippen molar-refractivity contribution in [3.05, 3.63) is 57.9 Å². The molecule has 1 aliphatic rings. The van der Waals surface area contributed by atoms with Gasteiger partial charge in [0.15, 0.2) is 0 Å². The van der Waals surface area contributed by atoms with Crippen LogP contribution in [0.3, 0.4) is 0 Å². The molecule has 0 amide bonds. The highest BCUT2D eigenvalue weighted by atomic mass is 32.1. The number of aromatic nitrogens is 2. The van der Waals surface area contributed by atoms with Crippen LogP contribution in [0.2, 0.25) is 0 Å². The zero-order chi connectivity index (χ0) is 20.2. The van der Waals surface area contributed by atoms with Gasteiger partial charge < -0.3 is 10.1 Å². The highest BCUT2D eigenvalue weighted by molar-refractivity contribution is 7.10. The van der Waals surface area contributed by atoms with Crippen LogP contribution in [0.15, 0.2) is 53.0 Å². The molecule has 1 unspecified atom stereocenters. The first kappa shape index (κ1) is 19.7. The Labute approximate surface area is 175 Å². The van der Waals surface area contributed by atoms with Gasteiger partial charge in [0.25, 0.3) is 0 Å². The maximum atomic E-state index is 13.1. The minimum Gasteiger partial charge on any atom is -0.462 e. The second-order valence-electron chi connectivity index (χ2n) is 7.43. The molecule has 0 spiro atoms. The van der Waals surface area contributed by atoms with E-state index in [2.05, 4.69) is 22.9 Å². The fraction of sp³-hybridized carbons (Fsp3) is 0.391. The number of rotatable bonds is 8. The van der Waals surface area contributed by atoms with Crippen LogP contribution < -0.4 is 5.32 Å². The monoisotopic (exact) mass is 409 g/mol. The molecule has 0 radical (unpaired) electrons. The van der Waals surface area contributed by atoms with Crippen LogP contribution >= 0.6 is 11.3 Å². The Balaban J connectivity index is 1.63. The standard InChI is InChI=1S/C23H27N3O2S/c1-3-4-5-6-9-14-28-22(27)20-16(2)24-23-25-17-11-7-8-12-18(17)26(23)21(20)19-13-10-15-29-19/h7-8,10-13,15,21H,3-6,9,14H2,1-2H3,(H,24,25). The lowest BCUT2D eigenvalue weighted by Gasteiger charge is -2.29. The number of esters is 1. The van der Waals surface area contributed by atoms with E-state index in [0.29, 0.717) is 12.2 Å². The topological polar surface area (TPSA) is 56.1 Å². The van der Waals surface area contributed by atoms with E-state index in [4.69, 9.17) is 9.72 Å².